The van der Waals surface area contributed by atoms with Crippen molar-refractivity contribution in [1.29, 1.82) is 0 Å². The minimum absolute atomic E-state index is 0.0107. The smallest absolute Gasteiger partial charge is 0.262 e. The molecule has 0 atom stereocenters. The number of nitrogens with one attached hydrogen (secondary N) is 1. The van der Waals surface area contributed by atoms with E-state index in [9.17, 15) is 4.79 Å². The molecule has 28 heavy (non-hydrogen) atoms. The zero-order valence-corrected chi connectivity index (χ0v) is 16.8. The molecule has 4 bridgehead atoms. The summed E-state index contributed by atoms with van der Waals surface area (Å²) in [6.45, 7) is -0.0107. The van der Waals surface area contributed by atoms with Crippen LogP contribution in [0.15, 0.2) is 48.5 Å². The first-order valence-corrected chi connectivity index (χ1v) is 10.7. The van der Waals surface area contributed by atoms with Crippen molar-refractivity contribution in [2.75, 3.05) is 11.9 Å². The molecule has 2 aromatic rings. The van der Waals surface area contributed by atoms with Gasteiger partial charge in [-0.2, -0.15) is 0 Å². The summed E-state index contributed by atoms with van der Waals surface area (Å²) in [6, 6.07) is 15.6. The summed E-state index contributed by atoms with van der Waals surface area (Å²) in [7, 11) is 0. The standard InChI is InChI=1S/C24H26ClNO2/c25-20-2-1-3-21(11-20)26-23(27)15-28-22-6-4-19(5-7-22)24-12-16-8-17(13-24)10-18(9-16)14-24/h1-7,11,16-18H,8-10,12-15H2,(H,26,27). The maximum absolute atomic E-state index is 12.1. The van der Waals surface area contributed by atoms with Crippen LogP contribution in [0.5, 0.6) is 5.75 Å². The number of rotatable bonds is 5. The molecular formula is C24H26ClNO2. The predicted octanol–water partition coefficient (Wildman–Crippen LogP) is 5.83. The van der Waals surface area contributed by atoms with Crippen molar-refractivity contribution in [2.24, 2.45) is 17.8 Å². The van der Waals surface area contributed by atoms with Gasteiger partial charge in [0.05, 0.1) is 0 Å². The second kappa shape index (κ2) is 7.11. The van der Waals surface area contributed by atoms with E-state index in [2.05, 4.69) is 17.4 Å². The lowest BCUT2D eigenvalue weighted by molar-refractivity contribution is -0.118. The van der Waals surface area contributed by atoms with E-state index < -0.39 is 0 Å². The number of ether oxygens (including phenoxy) is 1. The monoisotopic (exact) mass is 395 g/mol. The third kappa shape index (κ3) is 3.53. The highest BCUT2D eigenvalue weighted by atomic mass is 35.5. The van der Waals surface area contributed by atoms with Crippen LogP contribution in [0.25, 0.3) is 0 Å². The van der Waals surface area contributed by atoms with Crippen LogP contribution in [0.1, 0.15) is 44.1 Å². The molecule has 0 radical (unpaired) electrons. The Morgan fingerprint density at radius 3 is 2.25 bits per heavy atom. The zero-order chi connectivity index (χ0) is 19.1. The van der Waals surface area contributed by atoms with Gasteiger partial charge in [-0.25, -0.2) is 0 Å². The normalized spacial score (nSPS) is 30.2. The lowest BCUT2D eigenvalue weighted by Gasteiger charge is -2.57. The number of hydrogen-bond donors (Lipinski definition) is 1. The number of hydrogen-bond acceptors (Lipinski definition) is 2. The van der Waals surface area contributed by atoms with Gasteiger partial charge >= 0.3 is 0 Å². The van der Waals surface area contributed by atoms with E-state index in [1.165, 1.54) is 44.1 Å². The minimum Gasteiger partial charge on any atom is -0.484 e. The van der Waals surface area contributed by atoms with E-state index in [0.717, 1.165) is 23.5 Å². The van der Waals surface area contributed by atoms with E-state index >= 15 is 0 Å². The molecular weight excluding hydrogens is 370 g/mol. The van der Waals surface area contributed by atoms with Crippen molar-refractivity contribution in [3.63, 3.8) is 0 Å². The summed E-state index contributed by atoms with van der Waals surface area (Å²) in [5.41, 5.74) is 2.55. The van der Waals surface area contributed by atoms with Crippen LogP contribution >= 0.6 is 11.6 Å². The maximum atomic E-state index is 12.1. The first-order chi connectivity index (χ1) is 13.6. The van der Waals surface area contributed by atoms with Crippen LogP contribution in [0.3, 0.4) is 0 Å². The van der Waals surface area contributed by atoms with Gasteiger partial charge in [-0.05, 0) is 97.6 Å². The zero-order valence-electron chi connectivity index (χ0n) is 16.0. The molecule has 0 aliphatic heterocycles. The van der Waals surface area contributed by atoms with Crippen molar-refractivity contribution < 1.29 is 9.53 Å². The highest BCUT2D eigenvalue weighted by Gasteiger charge is 2.51. The van der Waals surface area contributed by atoms with E-state index in [-0.39, 0.29) is 12.5 Å². The molecule has 1 N–H and O–H groups in total. The van der Waals surface area contributed by atoms with Crippen LogP contribution in [0.2, 0.25) is 5.02 Å². The minimum atomic E-state index is -0.188. The number of benzene rings is 2. The van der Waals surface area contributed by atoms with Crippen molar-refractivity contribution in [2.45, 2.75) is 43.9 Å². The Hall–Kier alpha value is -2.00. The third-order valence-corrected chi connectivity index (χ3v) is 7.22. The molecule has 0 aromatic heterocycles. The second-order valence-corrected chi connectivity index (χ2v) is 9.51. The van der Waals surface area contributed by atoms with Gasteiger partial charge < -0.3 is 10.1 Å². The highest BCUT2D eigenvalue weighted by Crippen LogP contribution is 2.60. The molecule has 6 rings (SSSR count). The first-order valence-electron chi connectivity index (χ1n) is 10.4. The summed E-state index contributed by atoms with van der Waals surface area (Å²) in [5.74, 6) is 3.38. The Kier molecular flexibility index (Phi) is 4.59. The Morgan fingerprint density at radius 1 is 1.00 bits per heavy atom. The third-order valence-electron chi connectivity index (χ3n) is 6.98. The second-order valence-electron chi connectivity index (χ2n) is 9.07. The average molecular weight is 396 g/mol. The molecule has 4 saturated carbocycles. The van der Waals surface area contributed by atoms with Crippen molar-refractivity contribution >= 4 is 23.2 Å². The molecule has 4 heteroatoms. The maximum Gasteiger partial charge on any atom is 0.262 e. The van der Waals surface area contributed by atoms with E-state index in [4.69, 9.17) is 16.3 Å². The molecule has 0 heterocycles. The van der Waals surface area contributed by atoms with Crippen LogP contribution in [0.4, 0.5) is 5.69 Å². The molecule has 4 aliphatic rings. The van der Waals surface area contributed by atoms with Gasteiger partial charge in [-0.1, -0.05) is 29.8 Å². The summed E-state index contributed by atoms with van der Waals surface area (Å²) in [5, 5.41) is 3.40. The average Bonchev–Trinajstić information content (AvgIpc) is 2.66. The quantitative estimate of drug-likeness (QED) is 0.692. The lowest BCUT2D eigenvalue weighted by Crippen LogP contribution is -2.48. The fourth-order valence-electron chi connectivity index (χ4n) is 6.28. The summed E-state index contributed by atoms with van der Waals surface area (Å²) >= 11 is 5.95. The van der Waals surface area contributed by atoms with Gasteiger partial charge in [0.15, 0.2) is 6.61 Å². The van der Waals surface area contributed by atoms with Gasteiger partial charge in [0.1, 0.15) is 5.75 Å². The number of halogens is 1. The van der Waals surface area contributed by atoms with Crippen molar-refractivity contribution in [3.05, 3.63) is 59.1 Å². The van der Waals surface area contributed by atoms with Crippen LogP contribution < -0.4 is 10.1 Å². The Bertz CT molecular complexity index is 841. The van der Waals surface area contributed by atoms with Crippen LogP contribution in [-0.2, 0) is 10.2 Å². The highest BCUT2D eigenvalue weighted by molar-refractivity contribution is 6.30. The Balaban J connectivity index is 1.21. The molecule has 4 aliphatic carbocycles. The molecule has 3 nitrogen and oxygen atoms in total. The van der Waals surface area contributed by atoms with Gasteiger partial charge in [0.25, 0.3) is 5.91 Å². The molecule has 4 fully saturated rings. The Morgan fingerprint density at radius 2 is 1.64 bits per heavy atom. The number of carbonyl (C=O) groups is 1. The predicted molar refractivity (Wildman–Crippen MR) is 112 cm³/mol. The Labute approximate surface area is 171 Å². The van der Waals surface area contributed by atoms with Crippen molar-refractivity contribution in [1.82, 2.24) is 0 Å². The van der Waals surface area contributed by atoms with E-state index in [1.807, 2.05) is 24.3 Å². The molecule has 0 spiro atoms. The number of anilines is 1. The van der Waals surface area contributed by atoms with Gasteiger partial charge in [-0.3, -0.25) is 4.79 Å². The van der Waals surface area contributed by atoms with Crippen LogP contribution in [0, 0.1) is 17.8 Å². The summed E-state index contributed by atoms with van der Waals surface area (Å²) in [6.07, 6.45) is 8.47. The van der Waals surface area contributed by atoms with Crippen molar-refractivity contribution in [3.8, 4) is 5.75 Å². The lowest BCUT2D eigenvalue weighted by atomic mass is 9.48. The largest absolute Gasteiger partial charge is 0.484 e. The molecule has 146 valence electrons. The molecule has 0 saturated heterocycles. The molecule has 0 unspecified atom stereocenters. The van der Waals surface area contributed by atoms with Gasteiger partial charge in [0, 0.05) is 10.7 Å². The summed E-state index contributed by atoms with van der Waals surface area (Å²) in [4.78, 5) is 12.1. The van der Waals surface area contributed by atoms with E-state index in [1.54, 1.807) is 12.1 Å². The fourth-order valence-corrected chi connectivity index (χ4v) is 6.47. The SMILES string of the molecule is O=C(COc1ccc(C23CC4CC(CC(C4)C2)C3)cc1)Nc1cccc(Cl)c1. The number of carbonyl (C=O) groups excluding carboxylic acids is 1. The molecule has 2 aromatic carbocycles. The summed E-state index contributed by atoms with van der Waals surface area (Å²) < 4.78 is 5.70. The number of amides is 1. The topological polar surface area (TPSA) is 38.3 Å². The van der Waals surface area contributed by atoms with E-state index in [0.29, 0.717) is 16.1 Å². The molecule has 1 amide bonds. The van der Waals surface area contributed by atoms with Gasteiger partial charge in [-0.15, -0.1) is 0 Å². The van der Waals surface area contributed by atoms with Gasteiger partial charge in [0.2, 0.25) is 0 Å². The fraction of sp³-hybridized carbons (Fsp3) is 0.458. The first kappa shape index (κ1) is 18.1. The van der Waals surface area contributed by atoms with Crippen LogP contribution in [-0.4, -0.2) is 12.5 Å².